The fourth-order valence-corrected chi connectivity index (χ4v) is 1.88. The number of ether oxygens (including phenoxy) is 2. The zero-order valence-corrected chi connectivity index (χ0v) is 12.1. The van der Waals surface area contributed by atoms with Crippen LogP contribution in [0.15, 0.2) is 18.2 Å². The molecule has 0 heterocycles. The van der Waals surface area contributed by atoms with Gasteiger partial charge in [-0.15, -0.1) is 13.2 Å². The minimum Gasteiger partial charge on any atom is -0.406 e. The molecule has 1 rings (SSSR count). The van der Waals surface area contributed by atoms with Gasteiger partial charge >= 0.3 is 6.36 Å². The molecule has 0 atom stereocenters. The van der Waals surface area contributed by atoms with Crippen molar-refractivity contribution >= 4 is 11.6 Å². The summed E-state index contributed by atoms with van der Waals surface area (Å²) in [6, 6.07) is 3.86. The molecule has 20 heavy (non-hydrogen) atoms. The van der Waals surface area contributed by atoms with Crippen molar-refractivity contribution in [1.29, 1.82) is 0 Å². The Hall–Kier alpha value is -0.940. The van der Waals surface area contributed by atoms with Crippen molar-refractivity contribution in [3.05, 3.63) is 28.8 Å². The number of hydrogen-bond acceptors (Lipinski definition) is 2. The molecular weight excluding hydrogens is 293 g/mol. The fraction of sp³-hybridized carbons (Fsp3) is 0.571. The first kappa shape index (κ1) is 17.1. The second kappa shape index (κ2) is 8.37. The minimum absolute atomic E-state index is 0.209. The summed E-state index contributed by atoms with van der Waals surface area (Å²) in [6.07, 6.45) is -0.288. The summed E-state index contributed by atoms with van der Waals surface area (Å²) in [4.78, 5) is 0. The highest BCUT2D eigenvalue weighted by molar-refractivity contribution is 6.31. The summed E-state index contributed by atoms with van der Waals surface area (Å²) < 4.78 is 45.3. The molecule has 1 aromatic carbocycles. The van der Waals surface area contributed by atoms with Crippen LogP contribution in [0.1, 0.15) is 38.2 Å². The molecule has 2 nitrogen and oxygen atoms in total. The molecule has 0 aliphatic rings. The van der Waals surface area contributed by atoms with Gasteiger partial charge in [0.25, 0.3) is 0 Å². The average Bonchev–Trinajstić information content (AvgIpc) is 2.34. The zero-order valence-electron chi connectivity index (χ0n) is 11.3. The standard InChI is InChI=1S/C14H18ClF3O2/c1-2-3-4-5-8-19-10-11-6-7-12(9-13(11)15)20-14(16,17)18/h6-7,9H,2-5,8,10H2,1H3. The van der Waals surface area contributed by atoms with Crippen molar-refractivity contribution < 1.29 is 22.6 Å². The van der Waals surface area contributed by atoms with E-state index in [0.717, 1.165) is 25.3 Å². The first-order valence-electron chi connectivity index (χ1n) is 6.54. The van der Waals surface area contributed by atoms with E-state index in [0.29, 0.717) is 12.2 Å². The lowest BCUT2D eigenvalue weighted by Crippen LogP contribution is -2.17. The molecule has 0 aliphatic heterocycles. The highest BCUT2D eigenvalue weighted by Crippen LogP contribution is 2.27. The molecule has 0 aliphatic carbocycles. The smallest absolute Gasteiger partial charge is 0.406 e. The van der Waals surface area contributed by atoms with E-state index in [1.54, 1.807) is 0 Å². The van der Waals surface area contributed by atoms with Crippen molar-refractivity contribution in [2.24, 2.45) is 0 Å². The third kappa shape index (κ3) is 7.01. The quantitative estimate of drug-likeness (QED) is 0.604. The first-order valence-corrected chi connectivity index (χ1v) is 6.92. The SMILES string of the molecule is CCCCCCOCc1ccc(OC(F)(F)F)cc1Cl. The third-order valence-corrected chi connectivity index (χ3v) is 3.01. The first-order chi connectivity index (χ1) is 9.42. The summed E-state index contributed by atoms with van der Waals surface area (Å²) in [5.74, 6) is -0.325. The fourth-order valence-electron chi connectivity index (χ4n) is 1.66. The molecule has 0 unspecified atom stereocenters. The van der Waals surface area contributed by atoms with Crippen LogP contribution in [0, 0.1) is 0 Å². The number of halogens is 4. The maximum atomic E-state index is 12.0. The molecule has 0 fully saturated rings. The maximum absolute atomic E-state index is 12.0. The van der Waals surface area contributed by atoms with E-state index in [-0.39, 0.29) is 17.4 Å². The van der Waals surface area contributed by atoms with Crippen LogP contribution >= 0.6 is 11.6 Å². The Morgan fingerprint density at radius 3 is 2.50 bits per heavy atom. The van der Waals surface area contributed by atoms with Crippen LogP contribution in [0.5, 0.6) is 5.75 Å². The summed E-state index contributed by atoms with van der Waals surface area (Å²) in [5, 5.41) is 0.209. The zero-order chi connectivity index (χ0) is 15.0. The number of rotatable bonds is 8. The van der Waals surface area contributed by atoms with Crippen LogP contribution in [-0.2, 0) is 11.3 Å². The number of unbranched alkanes of at least 4 members (excludes halogenated alkanes) is 3. The Kier molecular flexibility index (Phi) is 7.16. The van der Waals surface area contributed by atoms with E-state index < -0.39 is 6.36 Å². The predicted molar refractivity (Wildman–Crippen MR) is 71.9 cm³/mol. The second-order valence-corrected chi connectivity index (χ2v) is 4.82. The van der Waals surface area contributed by atoms with Crippen LogP contribution in [-0.4, -0.2) is 13.0 Å². The maximum Gasteiger partial charge on any atom is 0.573 e. The van der Waals surface area contributed by atoms with Gasteiger partial charge in [0.05, 0.1) is 6.61 Å². The van der Waals surface area contributed by atoms with Crippen molar-refractivity contribution in [3.63, 3.8) is 0 Å². The van der Waals surface area contributed by atoms with E-state index in [4.69, 9.17) is 16.3 Å². The largest absolute Gasteiger partial charge is 0.573 e. The Labute approximate surface area is 121 Å². The van der Waals surface area contributed by atoms with Crippen molar-refractivity contribution in [2.75, 3.05) is 6.61 Å². The highest BCUT2D eigenvalue weighted by atomic mass is 35.5. The summed E-state index contributed by atoms with van der Waals surface area (Å²) in [6.45, 7) is 3.04. The Morgan fingerprint density at radius 1 is 1.15 bits per heavy atom. The molecule has 0 aromatic heterocycles. The van der Waals surface area contributed by atoms with Gasteiger partial charge in [-0.05, 0) is 24.1 Å². The number of alkyl halides is 3. The lowest BCUT2D eigenvalue weighted by atomic mass is 10.2. The minimum atomic E-state index is -4.71. The molecule has 0 amide bonds. The van der Waals surface area contributed by atoms with Gasteiger partial charge in [-0.1, -0.05) is 43.9 Å². The van der Waals surface area contributed by atoms with Crippen molar-refractivity contribution in [3.8, 4) is 5.75 Å². The van der Waals surface area contributed by atoms with Gasteiger partial charge in [-0.2, -0.15) is 0 Å². The van der Waals surface area contributed by atoms with E-state index in [1.165, 1.54) is 18.6 Å². The van der Waals surface area contributed by atoms with Crippen LogP contribution in [0.3, 0.4) is 0 Å². The van der Waals surface area contributed by atoms with Crippen molar-refractivity contribution in [2.45, 2.75) is 45.6 Å². The lowest BCUT2D eigenvalue weighted by Gasteiger charge is -2.11. The van der Waals surface area contributed by atoms with E-state index >= 15 is 0 Å². The van der Waals surface area contributed by atoms with Gasteiger partial charge in [0, 0.05) is 11.6 Å². The van der Waals surface area contributed by atoms with Gasteiger partial charge in [0.15, 0.2) is 0 Å². The van der Waals surface area contributed by atoms with Gasteiger partial charge in [-0.25, -0.2) is 0 Å². The predicted octanol–water partition coefficient (Wildman–Crippen LogP) is 5.34. The van der Waals surface area contributed by atoms with Crippen LogP contribution in [0.4, 0.5) is 13.2 Å². The molecule has 0 N–H and O–H groups in total. The number of hydrogen-bond donors (Lipinski definition) is 0. The normalized spacial score (nSPS) is 11.7. The van der Waals surface area contributed by atoms with Crippen LogP contribution in [0.2, 0.25) is 5.02 Å². The molecule has 0 bridgehead atoms. The molecule has 0 radical (unpaired) electrons. The third-order valence-electron chi connectivity index (χ3n) is 2.66. The molecule has 0 spiro atoms. The van der Waals surface area contributed by atoms with E-state index in [2.05, 4.69) is 11.7 Å². The van der Waals surface area contributed by atoms with Crippen molar-refractivity contribution in [1.82, 2.24) is 0 Å². The average molecular weight is 311 g/mol. The summed E-state index contributed by atoms with van der Waals surface area (Å²) in [7, 11) is 0. The van der Waals surface area contributed by atoms with Gasteiger partial charge in [-0.3, -0.25) is 0 Å². The Morgan fingerprint density at radius 2 is 1.90 bits per heavy atom. The molecular formula is C14H18ClF3O2. The second-order valence-electron chi connectivity index (χ2n) is 4.41. The van der Waals surface area contributed by atoms with Crippen LogP contribution < -0.4 is 4.74 Å². The lowest BCUT2D eigenvalue weighted by molar-refractivity contribution is -0.274. The summed E-state index contributed by atoms with van der Waals surface area (Å²) >= 11 is 5.89. The molecule has 114 valence electrons. The van der Waals surface area contributed by atoms with Gasteiger partial charge in [0.2, 0.25) is 0 Å². The van der Waals surface area contributed by atoms with E-state index in [9.17, 15) is 13.2 Å². The number of benzene rings is 1. The molecule has 0 saturated carbocycles. The summed E-state index contributed by atoms with van der Waals surface area (Å²) in [5.41, 5.74) is 0.650. The molecule has 0 saturated heterocycles. The monoisotopic (exact) mass is 310 g/mol. The Bertz CT molecular complexity index is 408. The van der Waals surface area contributed by atoms with Crippen LogP contribution in [0.25, 0.3) is 0 Å². The highest BCUT2D eigenvalue weighted by Gasteiger charge is 2.31. The topological polar surface area (TPSA) is 18.5 Å². The van der Waals surface area contributed by atoms with Gasteiger partial charge < -0.3 is 9.47 Å². The van der Waals surface area contributed by atoms with Gasteiger partial charge in [0.1, 0.15) is 5.75 Å². The van der Waals surface area contributed by atoms with E-state index in [1.807, 2.05) is 0 Å². The Balaban J connectivity index is 2.40. The molecule has 6 heteroatoms. The molecule has 1 aromatic rings.